The van der Waals surface area contributed by atoms with Crippen LogP contribution in [0.3, 0.4) is 0 Å². The number of aryl methyl sites for hydroxylation is 1. The van der Waals surface area contributed by atoms with Gasteiger partial charge >= 0.3 is 5.97 Å². The standard InChI is InChI=1S/C21H26FN3O3/c1-13-18(21(27)28-4)14(2)23-19(13)20(26)15(3)24-9-11-25(12-10-24)17-7-5-16(22)6-8-17/h5-8,15,23H,9-12H2,1-4H3/p+1/t15-/m1/s1. The SMILES string of the molecule is COC(=O)c1c(C)[nH]c(C(=O)[C@@H](C)[NH+]2CCN(c3ccc(F)cc3)CC2)c1C. The fourth-order valence-corrected chi connectivity index (χ4v) is 3.94. The maximum atomic E-state index is 13.1. The number of quaternary nitrogens is 1. The second-order valence-corrected chi connectivity index (χ2v) is 7.32. The van der Waals surface area contributed by atoms with Crippen LogP contribution in [0.5, 0.6) is 0 Å². The molecule has 1 aliphatic rings. The summed E-state index contributed by atoms with van der Waals surface area (Å²) >= 11 is 0. The summed E-state index contributed by atoms with van der Waals surface area (Å²) in [5.41, 5.74) is 3.22. The first-order valence-corrected chi connectivity index (χ1v) is 9.50. The molecule has 1 saturated heterocycles. The number of hydrogen-bond donors (Lipinski definition) is 2. The summed E-state index contributed by atoms with van der Waals surface area (Å²) in [6.07, 6.45) is 0. The van der Waals surface area contributed by atoms with Crippen molar-refractivity contribution in [2.45, 2.75) is 26.8 Å². The van der Waals surface area contributed by atoms with Gasteiger partial charge in [-0.1, -0.05) is 0 Å². The number of aromatic nitrogens is 1. The minimum absolute atomic E-state index is 0.000912. The number of anilines is 1. The first-order chi connectivity index (χ1) is 13.3. The highest BCUT2D eigenvalue weighted by Crippen LogP contribution is 2.20. The van der Waals surface area contributed by atoms with Crippen molar-refractivity contribution in [3.8, 4) is 0 Å². The second-order valence-electron chi connectivity index (χ2n) is 7.32. The summed E-state index contributed by atoms with van der Waals surface area (Å²) in [6, 6.07) is 6.28. The van der Waals surface area contributed by atoms with Crippen LogP contribution >= 0.6 is 0 Å². The highest BCUT2D eigenvalue weighted by molar-refractivity contribution is 6.03. The number of ketones is 1. The number of halogens is 1. The van der Waals surface area contributed by atoms with Crippen molar-refractivity contribution >= 4 is 17.4 Å². The molecule has 0 saturated carbocycles. The van der Waals surface area contributed by atoms with E-state index < -0.39 is 5.97 Å². The van der Waals surface area contributed by atoms with Crippen molar-refractivity contribution in [1.29, 1.82) is 0 Å². The Labute approximate surface area is 164 Å². The van der Waals surface area contributed by atoms with E-state index in [2.05, 4.69) is 9.88 Å². The minimum atomic E-state index is -0.432. The average molecular weight is 388 g/mol. The van der Waals surface area contributed by atoms with Crippen molar-refractivity contribution < 1.29 is 23.6 Å². The van der Waals surface area contributed by atoms with Gasteiger partial charge in [0, 0.05) is 11.4 Å². The molecular weight excluding hydrogens is 361 g/mol. The molecule has 1 atom stereocenters. The first kappa shape index (κ1) is 20.1. The Morgan fingerprint density at radius 1 is 1.18 bits per heavy atom. The lowest BCUT2D eigenvalue weighted by Gasteiger charge is -2.36. The van der Waals surface area contributed by atoms with Gasteiger partial charge in [0.2, 0.25) is 5.78 Å². The van der Waals surface area contributed by atoms with Crippen molar-refractivity contribution in [3.63, 3.8) is 0 Å². The third-order valence-corrected chi connectivity index (χ3v) is 5.68. The van der Waals surface area contributed by atoms with E-state index in [-0.39, 0.29) is 17.6 Å². The van der Waals surface area contributed by atoms with E-state index >= 15 is 0 Å². The van der Waals surface area contributed by atoms with Crippen LogP contribution in [0, 0.1) is 19.7 Å². The topological polar surface area (TPSA) is 66.8 Å². The Morgan fingerprint density at radius 2 is 1.79 bits per heavy atom. The van der Waals surface area contributed by atoms with E-state index in [1.165, 1.54) is 24.1 Å². The van der Waals surface area contributed by atoms with Gasteiger partial charge in [0.15, 0.2) is 6.04 Å². The summed E-state index contributed by atoms with van der Waals surface area (Å²) in [5, 5.41) is 0. The van der Waals surface area contributed by atoms with Crippen molar-refractivity contribution in [3.05, 3.63) is 52.6 Å². The van der Waals surface area contributed by atoms with Crippen molar-refractivity contribution in [2.24, 2.45) is 0 Å². The van der Waals surface area contributed by atoms with Gasteiger partial charge in [0.05, 0.1) is 44.5 Å². The summed E-state index contributed by atoms with van der Waals surface area (Å²) in [4.78, 5) is 31.5. The number of esters is 1. The van der Waals surface area contributed by atoms with Crippen LogP contribution in [0.25, 0.3) is 0 Å². The number of carbonyl (C=O) groups is 2. The highest BCUT2D eigenvalue weighted by Gasteiger charge is 2.33. The molecule has 150 valence electrons. The van der Waals surface area contributed by atoms with Gasteiger partial charge in [-0.3, -0.25) is 4.79 Å². The fraction of sp³-hybridized carbons (Fsp3) is 0.429. The maximum absolute atomic E-state index is 13.1. The van der Waals surface area contributed by atoms with Crippen LogP contribution in [0.4, 0.5) is 10.1 Å². The molecule has 1 aromatic carbocycles. The molecule has 0 bridgehead atoms. The van der Waals surface area contributed by atoms with E-state index in [1.807, 2.05) is 6.92 Å². The third-order valence-electron chi connectivity index (χ3n) is 5.68. The minimum Gasteiger partial charge on any atom is -0.465 e. The lowest BCUT2D eigenvalue weighted by molar-refractivity contribution is -0.914. The molecule has 2 N–H and O–H groups in total. The monoisotopic (exact) mass is 388 g/mol. The molecule has 0 unspecified atom stereocenters. The Hall–Kier alpha value is -2.67. The summed E-state index contributed by atoms with van der Waals surface area (Å²) < 4.78 is 17.9. The number of methoxy groups -OCH3 is 1. The Balaban J connectivity index is 1.68. The predicted octanol–water partition coefficient (Wildman–Crippen LogP) is 1.53. The fourth-order valence-electron chi connectivity index (χ4n) is 3.94. The average Bonchev–Trinajstić information content (AvgIpc) is 3.01. The number of carbonyl (C=O) groups excluding carboxylic acids is 2. The normalized spacial score (nSPS) is 16.1. The van der Waals surface area contributed by atoms with E-state index in [0.717, 1.165) is 31.9 Å². The number of aromatic amines is 1. The molecule has 0 radical (unpaired) electrons. The number of nitrogens with one attached hydrogen (secondary N) is 2. The summed E-state index contributed by atoms with van der Waals surface area (Å²) in [7, 11) is 1.34. The lowest BCUT2D eigenvalue weighted by Crippen LogP contribution is -3.18. The largest absolute Gasteiger partial charge is 0.465 e. The number of nitrogens with zero attached hydrogens (tertiary/aromatic N) is 1. The Morgan fingerprint density at radius 3 is 2.36 bits per heavy atom. The first-order valence-electron chi connectivity index (χ1n) is 9.50. The highest BCUT2D eigenvalue weighted by atomic mass is 19.1. The van der Waals surface area contributed by atoms with Crippen molar-refractivity contribution in [1.82, 2.24) is 4.98 Å². The number of H-pyrrole nitrogens is 1. The van der Waals surface area contributed by atoms with Gasteiger partial charge in [-0.05, 0) is 50.6 Å². The van der Waals surface area contributed by atoms with Crippen LogP contribution in [-0.4, -0.2) is 56.1 Å². The Kier molecular flexibility index (Phi) is 5.84. The van der Waals surface area contributed by atoms with Crippen LogP contribution in [-0.2, 0) is 4.74 Å². The molecule has 2 aromatic rings. The van der Waals surface area contributed by atoms with Crippen LogP contribution in [0.1, 0.15) is 39.0 Å². The number of benzene rings is 1. The molecule has 1 fully saturated rings. The molecule has 6 nitrogen and oxygen atoms in total. The van der Waals surface area contributed by atoms with Gasteiger partial charge in [-0.15, -0.1) is 0 Å². The van der Waals surface area contributed by atoms with Gasteiger partial charge in [-0.25, -0.2) is 9.18 Å². The number of piperazine rings is 1. The van der Waals surface area contributed by atoms with Gasteiger partial charge < -0.3 is 19.5 Å². The summed E-state index contributed by atoms with van der Waals surface area (Å²) in [6.45, 7) is 8.70. The Bertz CT molecular complexity index is 868. The predicted molar refractivity (Wildman–Crippen MR) is 105 cm³/mol. The number of hydrogen-bond acceptors (Lipinski definition) is 4. The van der Waals surface area contributed by atoms with Gasteiger partial charge in [0.1, 0.15) is 5.82 Å². The van der Waals surface area contributed by atoms with Crippen LogP contribution in [0.2, 0.25) is 0 Å². The zero-order valence-corrected chi connectivity index (χ0v) is 16.8. The summed E-state index contributed by atoms with van der Waals surface area (Å²) in [5.74, 6) is -0.672. The van der Waals surface area contributed by atoms with E-state index in [1.54, 1.807) is 26.0 Å². The molecule has 0 amide bonds. The van der Waals surface area contributed by atoms with E-state index in [0.29, 0.717) is 22.5 Å². The quantitative estimate of drug-likeness (QED) is 0.602. The van der Waals surface area contributed by atoms with Crippen molar-refractivity contribution in [2.75, 3.05) is 38.2 Å². The maximum Gasteiger partial charge on any atom is 0.339 e. The molecule has 7 heteroatoms. The lowest BCUT2D eigenvalue weighted by atomic mass is 10.0. The van der Waals surface area contributed by atoms with Gasteiger partial charge in [0.25, 0.3) is 0 Å². The zero-order chi connectivity index (χ0) is 20.4. The zero-order valence-electron chi connectivity index (χ0n) is 16.8. The molecule has 3 rings (SSSR count). The van der Waals surface area contributed by atoms with Crippen LogP contribution < -0.4 is 9.80 Å². The number of Topliss-reactive ketones (excluding diaryl/α,β-unsaturated/α-hetero) is 1. The number of ether oxygens (including phenoxy) is 1. The molecule has 0 spiro atoms. The van der Waals surface area contributed by atoms with Crippen LogP contribution in [0.15, 0.2) is 24.3 Å². The molecule has 2 heterocycles. The third kappa shape index (κ3) is 3.80. The molecular formula is C21H27FN3O3+. The molecule has 1 aliphatic heterocycles. The van der Waals surface area contributed by atoms with Gasteiger partial charge in [-0.2, -0.15) is 0 Å². The number of rotatable bonds is 5. The van der Waals surface area contributed by atoms with E-state index in [4.69, 9.17) is 4.74 Å². The molecule has 1 aromatic heterocycles. The van der Waals surface area contributed by atoms with E-state index in [9.17, 15) is 14.0 Å². The molecule has 0 aliphatic carbocycles. The smallest absolute Gasteiger partial charge is 0.339 e. The second kappa shape index (κ2) is 8.14. The molecule has 28 heavy (non-hydrogen) atoms.